The van der Waals surface area contributed by atoms with Gasteiger partial charge in [-0.15, -0.1) is 0 Å². The molecule has 0 aliphatic carbocycles. The minimum Gasteiger partial charge on any atom is -0.461 e. The van der Waals surface area contributed by atoms with Crippen LogP contribution < -0.4 is 0 Å². The Morgan fingerprint density at radius 2 is 2.15 bits per heavy atom. The number of pyridine rings is 1. The molecule has 0 radical (unpaired) electrons. The molecule has 6 nitrogen and oxygen atoms in total. The first kappa shape index (κ1) is 17.9. The van der Waals surface area contributed by atoms with Crippen molar-refractivity contribution in [1.29, 1.82) is 0 Å². The van der Waals surface area contributed by atoms with Crippen molar-refractivity contribution in [2.75, 3.05) is 19.8 Å². The van der Waals surface area contributed by atoms with Crippen molar-refractivity contribution in [3.05, 3.63) is 41.2 Å². The average molecular weight is 368 g/mol. The minimum atomic E-state index is -0.383. The molecule has 1 aromatic carbocycles. The summed E-state index contributed by atoms with van der Waals surface area (Å²) in [5.41, 5.74) is 4.38. The lowest BCUT2D eigenvalue weighted by atomic mass is 9.95. The number of nitrogens with zero attached hydrogens (tertiary/aromatic N) is 1. The number of carbonyl (C=O) groups excluding carboxylic acids is 1. The number of ether oxygens (including phenoxy) is 3. The number of aryl methyl sites for hydroxylation is 1. The van der Waals surface area contributed by atoms with E-state index in [1.165, 1.54) is 5.56 Å². The lowest BCUT2D eigenvalue weighted by Gasteiger charge is -2.10. The van der Waals surface area contributed by atoms with Crippen molar-refractivity contribution in [1.82, 2.24) is 9.97 Å². The molecule has 142 valence electrons. The van der Waals surface area contributed by atoms with Gasteiger partial charge in [-0.1, -0.05) is 6.07 Å². The lowest BCUT2D eigenvalue weighted by Crippen LogP contribution is -2.09. The second-order valence-corrected chi connectivity index (χ2v) is 6.82. The van der Waals surface area contributed by atoms with Gasteiger partial charge in [0.15, 0.2) is 12.0 Å². The second kappa shape index (κ2) is 7.29. The summed E-state index contributed by atoms with van der Waals surface area (Å²) in [6.07, 6.45) is 2.44. The van der Waals surface area contributed by atoms with E-state index in [9.17, 15) is 4.79 Å². The lowest BCUT2D eigenvalue weighted by molar-refractivity contribution is -0.106. The first-order valence-corrected chi connectivity index (χ1v) is 9.43. The Hall–Kier alpha value is -2.44. The Kier molecular flexibility index (Phi) is 4.85. The van der Waals surface area contributed by atoms with Gasteiger partial charge in [-0.05, 0) is 44.0 Å². The number of aromatic nitrogens is 2. The molecule has 0 bridgehead atoms. The third kappa shape index (κ3) is 3.19. The Labute approximate surface area is 157 Å². The van der Waals surface area contributed by atoms with E-state index in [0.717, 1.165) is 33.8 Å². The van der Waals surface area contributed by atoms with E-state index in [1.54, 1.807) is 13.1 Å². The SMILES string of the molecule is CCOC(=O)c1ncc2[nH]c3ccc(C4COC(OCC)C4)cc3c2c1C. The number of H-pyrrole nitrogens is 1. The van der Waals surface area contributed by atoms with Gasteiger partial charge in [0.05, 0.1) is 24.9 Å². The smallest absolute Gasteiger partial charge is 0.357 e. The fourth-order valence-corrected chi connectivity index (χ4v) is 3.86. The van der Waals surface area contributed by atoms with Crippen molar-refractivity contribution >= 4 is 27.8 Å². The van der Waals surface area contributed by atoms with Gasteiger partial charge in [0.25, 0.3) is 0 Å². The van der Waals surface area contributed by atoms with Gasteiger partial charge in [0, 0.05) is 35.2 Å². The van der Waals surface area contributed by atoms with Crippen molar-refractivity contribution in [2.24, 2.45) is 0 Å². The number of hydrogen-bond donors (Lipinski definition) is 1. The molecule has 3 heterocycles. The number of carbonyl (C=O) groups is 1. The van der Waals surface area contributed by atoms with Crippen LogP contribution in [0.25, 0.3) is 21.8 Å². The Morgan fingerprint density at radius 1 is 1.30 bits per heavy atom. The molecule has 2 unspecified atom stereocenters. The minimum absolute atomic E-state index is 0.125. The third-order valence-corrected chi connectivity index (χ3v) is 5.16. The van der Waals surface area contributed by atoms with E-state index < -0.39 is 0 Å². The van der Waals surface area contributed by atoms with Crippen molar-refractivity contribution < 1.29 is 19.0 Å². The predicted molar refractivity (Wildman–Crippen MR) is 103 cm³/mol. The molecule has 1 aliphatic heterocycles. The van der Waals surface area contributed by atoms with E-state index >= 15 is 0 Å². The van der Waals surface area contributed by atoms with Crippen LogP contribution >= 0.6 is 0 Å². The number of esters is 1. The van der Waals surface area contributed by atoms with Crippen LogP contribution in [0.5, 0.6) is 0 Å². The van der Waals surface area contributed by atoms with E-state index in [1.807, 2.05) is 13.8 Å². The molecular formula is C21H24N2O4. The van der Waals surface area contributed by atoms with Crippen LogP contribution in [0.1, 0.15) is 47.8 Å². The number of nitrogens with one attached hydrogen (secondary N) is 1. The average Bonchev–Trinajstić information content (AvgIpc) is 3.26. The van der Waals surface area contributed by atoms with Crippen LogP contribution in [-0.4, -0.2) is 42.0 Å². The molecule has 2 atom stereocenters. The first-order chi connectivity index (χ1) is 13.1. The monoisotopic (exact) mass is 368 g/mol. The molecule has 1 N–H and O–H groups in total. The number of benzene rings is 1. The highest BCUT2D eigenvalue weighted by Crippen LogP contribution is 2.35. The summed E-state index contributed by atoms with van der Waals surface area (Å²) in [4.78, 5) is 19.9. The van der Waals surface area contributed by atoms with E-state index in [4.69, 9.17) is 14.2 Å². The molecular weight excluding hydrogens is 344 g/mol. The van der Waals surface area contributed by atoms with Gasteiger partial charge in [0.1, 0.15) is 0 Å². The van der Waals surface area contributed by atoms with Crippen LogP contribution in [0.3, 0.4) is 0 Å². The van der Waals surface area contributed by atoms with E-state index in [2.05, 4.69) is 28.2 Å². The highest BCUT2D eigenvalue weighted by atomic mass is 16.7. The zero-order valence-corrected chi connectivity index (χ0v) is 15.9. The van der Waals surface area contributed by atoms with Crippen LogP contribution in [-0.2, 0) is 14.2 Å². The molecule has 2 aromatic heterocycles. The number of hydrogen-bond acceptors (Lipinski definition) is 5. The maximum atomic E-state index is 12.2. The molecule has 1 fully saturated rings. The molecule has 0 saturated carbocycles. The van der Waals surface area contributed by atoms with Gasteiger partial charge >= 0.3 is 5.97 Å². The Bertz CT molecular complexity index is 995. The van der Waals surface area contributed by atoms with Crippen LogP contribution in [0.4, 0.5) is 0 Å². The van der Waals surface area contributed by atoms with E-state index in [-0.39, 0.29) is 12.3 Å². The largest absolute Gasteiger partial charge is 0.461 e. The maximum Gasteiger partial charge on any atom is 0.357 e. The topological polar surface area (TPSA) is 73.4 Å². The van der Waals surface area contributed by atoms with E-state index in [0.29, 0.717) is 31.4 Å². The third-order valence-electron chi connectivity index (χ3n) is 5.16. The number of fused-ring (bicyclic) bond motifs is 3. The summed E-state index contributed by atoms with van der Waals surface area (Å²) < 4.78 is 16.5. The van der Waals surface area contributed by atoms with Gasteiger partial charge < -0.3 is 19.2 Å². The highest BCUT2D eigenvalue weighted by molar-refractivity contribution is 6.11. The van der Waals surface area contributed by atoms with Crippen LogP contribution in [0.2, 0.25) is 0 Å². The molecule has 27 heavy (non-hydrogen) atoms. The predicted octanol–water partition coefficient (Wildman–Crippen LogP) is 4.07. The summed E-state index contributed by atoms with van der Waals surface area (Å²) in [5.74, 6) is -0.0753. The van der Waals surface area contributed by atoms with Crippen molar-refractivity contribution in [2.45, 2.75) is 39.4 Å². The molecule has 1 aliphatic rings. The summed E-state index contributed by atoms with van der Waals surface area (Å²) in [7, 11) is 0. The fourth-order valence-electron chi connectivity index (χ4n) is 3.86. The molecule has 0 amide bonds. The molecule has 6 heteroatoms. The quantitative estimate of drug-likeness (QED) is 0.687. The zero-order chi connectivity index (χ0) is 19.0. The zero-order valence-electron chi connectivity index (χ0n) is 15.9. The fraction of sp³-hybridized carbons (Fsp3) is 0.429. The van der Waals surface area contributed by atoms with Gasteiger partial charge in [-0.25, -0.2) is 9.78 Å². The van der Waals surface area contributed by atoms with Gasteiger partial charge in [-0.2, -0.15) is 0 Å². The normalized spacial score (nSPS) is 19.8. The molecule has 3 aromatic rings. The summed E-state index contributed by atoms with van der Waals surface area (Å²) >= 11 is 0. The van der Waals surface area contributed by atoms with Crippen LogP contribution in [0, 0.1) is 6.92 Å². The first-order valence-electron chi connectivity index (χ1n) is 9.43. The number of rotatable bonds is 5. The van der Waals surface area contributed by atoms with Crippen molar-refractivity contribution in [3.8, 4) is 0 Å². The Morgan fingerprint density at radius 3 is 2.93 bits per heavy atom. The van der Waals surface area contributed by atoms with Gasteiger partial charge in [0.2, 0.25) is 0 Å². The number of aromatic amines is 1. The molecule has 1 saturated heterocycles. The summed E-state index contributed by atoms with van der Waals surface area (Å²) in [5, 5.41) is 2.11. The van der Waals surface area contributed by atoms with Gasteiger partial charge in [-0.3, -0.25) is 0 Å². The Balaban J connectivity index is 1.77. The summed E-state index contributed by atoms with van der Waals surface area (Å²) in [6, 6.07) is 6.41. The maximum absolute atomic E-state index is 12.2. The second-order valence-electron chi connectivity index (χ2n) is 6.82. The standard InChI is InChI=1S/C21H24N2O4/c1-4-25-18-9-14(11-27-18)13-6-7-16-15(8-13)19-12(3)20(21(24)26-5-2)22-10-17(19)23-16/h6-8,10,14,18,23H,4-5,9,11H2,1-3H3. The van der Waals surface area contributed by atoms with Crippen LogP contribution in [0.15, 0.2) is 24.4 Å². The van der Waals surface area contributed by atoms with Crippen molar-refractivity contribution in [3.63, 3.8) is 0 Å². The highest BCUT2D eigenvalue weighted by Gasteiger charge is 2.27. The molecule has 4 rings (SSSR count). The summed E-state index contributed by atoms with van der Waals surface area (Å²) in [6.45, 7) is 7.34. The molecule has 0 spiro atoms.